The number of hydrogen-bond acceptors (Lipinski definition) is 4. The second kappa shape index (κ2) is 13.9. The van der Waals surface area contributed by atoms with Crippen LogP contribution in [0.4, 0.5) is 5.69 Å². The maximum Gasteiger partial charge on any atom is 0.244 e. The normalized spacial score (nSPS) is 12.0. The molecule has 0 radical (unpaired) electrons. The Balaban J connectivity index is 2.05. The van der Waals surface area contributed by atoms with Crippen molar-refractivity contribution < 1.29 is 18.0 Å². The molecule has 0 aliphatic rings. The van der Waals surface area contributed by atoms with Crippen LogP contribution in [-0.4, -0.2) is 50.5 Å². The standard InChI is InChI=1S/C31H39N3O4S/c1-5-6-20-32-31(36)29(21-26-16-8-7-9-17-26)33(22-27-18-12-10-14-24(27)2)30(35)23-34(39(4,37)38)28-19-13-11-15-25(28)3/h7-19,29H,5-6,20-23H2,1-4H3,(H,32,36)/t29-/m1/s1. The van der Waals surface area contributed by atoms with Gasteiger partial charge in [-0.1, -0.05) is 86.1 Å². The largest absolute Gasteiger partial charge is 0.354 e. The van der Waals surface area contributed by atoms with Gasteiger partial charge in [-0.25, -0.2) is 8.42 Å². The molecule has 0 fully saturated rings. The molecule has 3 aromatic rings. The fourth-order valence-corrected chi connectivity index (χ4v) is 5.38. The van der Waals surface area contributed by atoms with Crippen molar-refractivity contribution in [2.45, 2.75) is 52.6 Å². The average Bonchev–Trinajstić information content (AvgIpc) is 2.90. The van der Waals surface area contributed by atoms with E-state index < -0.39 is 28.5 Å². The van der Waals surface area contributed by atoms with E-state index in [-0.39, 0.29) is 12.5 Å². The number of hydrogen-bond donors (Lipinski definition) is 1. The number of carbonyl (C=O) groups excluding carboxylic acids is 2. The number of aryl methyl sites for hydroxylation is 2. The summed E-state index contributed by atoms with van der Waals surface area (Å²) >= 11 is 0. The summed E-state index contributed by atoms with van der Waals surface area (Å²) in [6, 6.07) is 23.5. The maximum atomic E-state index is 14.1. The van der Waals surface area contributed by atoms with Crippen molar-refractivity contribution in [3.63, 3.8) is 0 Å². The zero-order chi connectivity index (χ0) is 28.4. The smallest absolute Gasteiger partial charge is 0.244 e. The summed E-state index contributed by atoms with van der Waals surface area (Å²) in [6.45, 7) is 6.08. The van der Waals surface area contributed by atoms with Crippen LogP contribution in [0.25, 0.3) is 0 Å². The minimum absolute atomic E-state index is 0.176. The van der Waals surface area contributed by atoms with Crippen molar-refractivity contribution in [1.82, 2.24) is 10.2 Å². The van der Waals surface area contributed by atoms with Gasteiger partial charge < -0.3 is 10.2 Å². The van der Waals surface area contributed by atoms with Gasteiger partial charge in [0.25, 0.3) is 0 Å². The van der Waals surface area contributed by atoms with E-state index >= 15 is 0 Å². The Morgan fingerprint density at radius 2 is 1.49 bits per heavy atom. The fraction of sp³-hybridized carbons (Fsp3) is 0.355. The lowest BCUT2D eigenvalue weighted by molar-refractivity contribution is -0.140. The number of unbranched alkanes of at least 4 members (excludes halogenated alkanes) is 1. The van der Waals surface area contributed by atoms with Crippen molar-refractivity contribution in [1.29, 1.82) is 0 Å². The SMILES string of the molecule is CCCCNC(=O)[C@@H](Cc1ccccc1)N(Cc1ccccc1C)C(=O)CN(c1ccccc1C)S(C)(=O)=O. The van der Waals surface area contributed by atoms with Gasteiger partial charge in [0.05, 0.1) is 11.9 Å². The molecule has 7 nitrogen and oxygen atoms in total. The lowest BCUT2D eigenvalue weighted by atomic mass is 10.0. The number of nitrogens with one attached hydrogen (secondary N) is 1. The highest BCUT2D eigenvalue weighted by Crippen LogP contribution is 2.24. The molecule has 0 saturated heterocycles. The summed E-state index contributed by atoms with van der Waals surface area (Å²) in [5, 5.41) is 3.00. The van der Waals surface area contributed by atoms with Gasteiger partial charge in [-0.3, -0.25) is 13.9 Å². The van der Waals surface area contributed by atoms with Crippen LogP contribution in [0.5, 0.6) is 0 Å². The first kappa shape index (κ1) is 29.9. The minimum atomic E-state index is -3.79. The van der Waals surface area contributed by atoms with Crippen LogP contribution in [0, 0.1) is 13.8 Å². The summed E-state index contributed by atoms with van der Waals surface area (Å²) < 4.78 is 26.9. The molecule has 0 heterocycles. The Bertz CT molecular complexity index is 1360. The quantitative estimate of drug-likeness (QED) is 0.315. The van der Waals surface area contributed by atoms with E-state index in [1.807, 2.05) is 87.5 Å². The second-order valence-electron chi connectivity index (χ2n) is 9.85. The van der Waals surface area contributed by atoms with E-state index in [0.29, 0.717) is 18.7 Å². The number of nitrogens with zero attached hydrogens (tertiary/aromatic N) is 2. The highest BCUT2D eigenvalue weighted by atomic mass is 32.2. The molecular formula is C31H39N3O4S. The van der Waals surface area contributed by atoms with Crippen LogP contribution in [0.2, 0.25) is 0 Å². The van der Waals surface area contributed by atoms with Gasteiger partial charge in [-0.15, -0.1) is 0 Å². The maximum absolute atomic E-state index is 14.1. The molecule has 0 aliphatic heterocycles. The van der Waals surface area contributed by atoms with Gasteiger partial charge in [0.15, 0.2) is 0 Å². The van der Waals surface area contributed by atoms with Gasteiger partial charge in [0.2, 0.25) is 21.8 Å². The Labute approximate surface area is 232 Å². The van der Waals surface area contributed by atoms with Gasteiger partial charge in [-0.05, 0) is 48.6 Å². The first-order valence-electron chi connectivity index (χ1n) is 13.3. The average molecular weight is 550 g/mol. The van der Waals surface area contributed by atoms with E-state index in [4.69, 9.17) is 0 Å². The lowest BCUT2D eigenvalue weighted by Crippen LogP contribution is -2.53. The van der Waals surface area contributed by atoms with Gasteiger partial charge in [-0.2, -0.15) is 0 Å². The van der Waals surface area contributed by atoms with Crippen LogP contribution in [0.3, 0.4) is 0 Å². The molecule has 0 spiro atoms. The third-order valence-corrected chi connectivity index (χ3v) is 7.89. The Kier molecular flexibility index (Phi) is 10.7. The number of anilines is 1. The topological polar surface area (TPSA) is 86.8 Å². The van der Waals surface area contributed by atoms with Gasteiger partial charge in [0.1, 0.15) is 12.6 Å². The number of carbonyl (C=O) groups is 2. The molecule has 0 bridgehead atoms. The van der Waals surface area contributed by atoms with E-state index in [2.05, 4.69) is 5.32 Å². The second-order valence-corrected chi connectivity index (χ2v) is 11.8. The van der Waals surface area contributed by atoms with E-state index in [9.17, 15) is 18.0 Å². The number of sulfonamides is 1. The van der Waals surface area contributed by atoms with Crippen LogP contribution < -0.4 is 9.62 Å². The third kappa shape index (κ3) is 8.42. The molecular weight excluding hydrogens is 510 g/mol. The van der Waals surface area contributed by atoms with Gasteiger partial charge >= 0.3 is 0 Å². The van der Waals surface area contributed by atoms with Crippen LogP contribution in [0.15, 0.2) is 78.9 Å². The van der Waals surface area contributed by atoms with E-state index in [0.717, 1.165) is 45.7 Å². The van der Waals surface area contributed by atoms with Crippen molar-refractivity contribution >= 4 is 27.5 Å². The zero-order valence-electron chi connectivity index (χ0n) is 23.3. The molecule has 1 N–H and O–H groups in total. The highest BCUT2D eigenvalue weighted by molar-refractivity contribution is 7.92. The summed E-state index contributed by atoms with van der Waals surface area (Å²) in [4.78, 5) is 29.3. The number of rotatable bonds is 13. The van der Waals surface area contributed by atoms with Crippen molar-refractivity contribution in [2.24, 2.45) is 0 Å². The fourth-order valence-electron chi connectivity index (χ4n) is 4.47. The molecule has 208 valence electrons. The Hall–Kier alpha value is -3.65. The molecule has 8 heteroatoms. The number of benzene rings is 3. The first-order valence-corrected chi connectivity index (χ1v) is 15.2. The van der Waals surface area contributed by atoms with Crippen LogP contribution >= 0.6 is 0 Å². The highest BCUT2D eigenvalue weighted by Gasteiger charge is 2.33. The Morgan fingerprint density at radius 3 is 2.10 bits per heavy atom. The van der Waals surface area contributed by atoms with E-state index in [1.165, 1.54) is 4.90 Å². The summed E-state index contributed by atoms with van der Waals surface area (Å²) in [6.07, 6.45) is 3.15. The molecule has 1 atom stereocenters. The zero-order valence-corrected chi connectivity index (χ0v) is 24.1. The van der Waals surface area contributed by atoms with Crippen LogP contribution in [-0.2, 0) is 32.6 Å². The summed E-state index contributed by atoms with van der Waals surface area (Å²) in [7, 11) is -3.79. The molecule has 0 aromatic heterocycles. The van der Waals surface area contributed by atoms with Crippen LogP contribution in [0.1, 0.15) is 42.0 Å². The summed E-state index contributed by atoms with van der Waals surface area (Å²) in [5.74, 6) is -0.700. The predicted molar refractivity (Wildman–Crippen MR) is 157 cm³/mol. The van der Waals surface area contributed by atoms with Crippen molar-refractivity contribution in [3.8, 4) is 0 Å². The molecule has 3 aromatic carbocycles. The Morgan fingerprint density at radius 1 is 0.872 bits per heavy atom. The molecule has 3 rings (SSSR count). The number of amides is 2. The minimum Gasteiger partial charge on any atom is -0.354 e. The molecule has 2 amide bonds. The monoisotopic (exact) mass is 549 g/mol. The lowest BCUT2D eigenvalue weighted by Gasteiger charge is -2.34. The number of para-hydroxylation sites is 1. The first-order chi connectivity index (χ1) is 18.6. The molecule has 0 unspecified atom stereocenters. The molecule has 0 saturated carbocycles. The van der Waals surface area contributed by atoms with Crippen molar-refractivity contribution in [3.05, 3.63) is 101 Å². The van der Waals surface area contributed by atoms with E-state index in [1.54, 1.807) is 12.1 Å². The van der Waals surface area contributed by atoms with Gasteiger partial charge in [0, 0.05) is 19.5 Å². The predicted octanol–water partition coefficient (Wildman–Crippen LogP) is 4.63. The molecule has 39 heavy (non-hydrogen) atoms. The van der Waals surface area contributed by atoms with Crippen molar-refractivity contribution in [2.75, 3.05) is 23.7 Å². The summed E-state index contributed by atoms with van der Waals surface area (Å²) in [5.41, 5.74) is 3.97. The molecule has 0 aliphatic carbocycles. The third-order valence-electron chi connectivity index (χ3n) is 6.77.